The van der Waals surface area contributed by atoms with Crippen LogP contribution in [0.3, 0.4) is 0 Å². The summed E-state index contributed by atoms with van der Waals surface area (Å²) in [6.45, 7) is 0. The molecule has 0 aromatic rings. The molecule has 0 aliphatic carbocycles. The van der Waals surface area contributed by atoms with E-state index in [4.69, 9.17) is 0 Å². The third-order valence-electron chi connectivity index (χ3n) is 0. The summed E-state index contributed by atoms with van der Waals surface area (Å²) in [7, 11) is 0. The minimum atomic E-state index is 0. The molecule has 4 heteroatoms. The van der Waals surface area contributed by atoms with Gasteiger partial charge in [-0.3, -0.25) is 0 Å². The molecule has 0 aliphatic heterocycles. The van der Waals surface area contributed by atoms with Crippen LogP contribution < -0.4 is 0 Å². The summed E-state index contributed by atoms with van der Waals surface area (Å²) in [6, 6.07) is 0. The van der Waals surface area contributed by atoms with Crippen LogP contribution >= 0.6 is 0 Å². The predicted octanol–water partition coefficient (Wildman–Crippen LogP) is -3.75. The standard InChI is InChI=1S/Al.Ba.2H2O.5H/h;;2*1H2;;;;;. The van der Waals surface area contributed by atoms with E-state index in [1.807, 2.05) is 0 Å². The van der Waals surface area contributed by atoms with Crippen molar-refractivity contribution < 1.29 is 11.0 Å². The zero-order chi connectivity index (χ0) is 0. The van der Waals surface area contributed by atoms with Gasteiger partial charge in [-0.1, -0.05) is 0 Å². The second-order valence-corrected chi connectivity index (χ2v) is 0. The first-order valence-corrected chi connectivity index (χ1v) is 0. The minimum absolute atomic E-state index is 0. The van der Waals surface area contributed by atoms with Crippen LogP contribution in [-0.4, -0.2) is 77.2 Å². The van der Waals surface area contributed by atoms with Gasteiger partial charge in [0.2, 0.25) is 0 Å². The van der Waals surface area contributed by atoms with Crippen LogP contribution in [0, 0.1) is 0 Å². The fourth-order valence-electron chi connectivity index (χ4n) is 0. The quantitative estimate of drug-likeness (QED) is 0.365. The van der Waals surface area contributed by atoms with Gasteiger partial charge in [0, 0.05) is 0 Å². The van der Waals surface area contributed by atoms with Crippen LogP contribution in [0.1, 0.15) is 0 Å². The Morgan fingerprint density at radius 2 is 0.750 bits per heavy atom. The molecule has 0 fully saturated rings. The number of rotatable bonds is 0. The SMILES string of the molecule is O.O.[AlH3].[BaH2]. The van der Waals surface area contributed by atoms with Gasteiger partial charge in [-0.05, 0) is 0 Å². The molecular formula is H9AlBaO2. The molecule has 0 rings (SSSR count). The molecule has 0 aromatic heterocycles. The zero-order valence-corrected chi connectivity index (χ0v) is 1.00. The van der Waals surface area contributed by atoms with Crippen molar-refractivity contribution in [3.05, 3.63) is 0 Å². The molecule has 26 valence electrons. The fraction of sp³-hybridized carbons (Fsp3) is 0. The first-order valence-electron chi connectivity index (χ1n) is 0. The Labute approximate surface area is 75.8 Å². The summed E-state index contributed by atoms with van der Waals surface area (Å²) in [5.41, 5.74) is 0. The molecule has 0 saturated carbocycles. The van der Waals surface area contributed by atoms with E-state index in [1.54, 1.807) is 0 Å². The van der Waals surface area contributed by atoms with E-state index in [9.17, 15) is 0 Å². The molecule has 0 saturated heterocycles. The normalized spacial score (nSPS) is 0. The molecule has 0 amide bonds. The molecule has 0 heterocycles. The summed E-state index contributed by atoms with van der Waals surface area (Å²) >= 11 is 0. The van der Waals surface area contributed by atoms with Crippen molar-refractivity contribution in [2.24, 2.45) is 0 Å². The van der Waals surface area contributed by atoms with Gasteiger partial charge in [0.15, 0.2) is 17.4 Å². The van der Waals surface area contributed by atoms with Crippen LogP contribution in [-0.2, 0) is 0 Å². The zero-order valence-electron chi connectivity index (χ0n) is 1.00. The Balaban J connectivity index is 0. The Morgan fingerprint density at radius 1 is 0.750 bits per heavy atom. The summed E-state index contributed by atoms with van der Waals surface area (Å²) in [4.78, 5) is 0. The first-order chi connectivity index (χ1) is 0. The van der Waals surface area contributed by atoms with E-state index in [0.717, 1.165) is 0 Å². The Bertz CT molecular complexity index is 6.00. The van der Waals surface area contributed by atoms with Crippen molar-refractivity contribution in [3.63, 3.8) is 0 Å². The van der Waals surface area contributed by atoms with Gasteiger partial charge in [0.1, 0.15) is 0 Å². The molecular weight excluding hydrogens is 196 g/mol. The number of hydrogen-bond acceptors (Lipinski definition) is 0. The van der Waals surface area contributed by atoms with Gasteiger partial charge >= 0.3 is 48.9 Å². The van der Waals surface area contributed by atoms with E-state index >= 15 is 0 Å². The van der Waals surface area contributed by atoms with Gasteiger partial charge in [-0.15, -0.1) is 0 Å². The Kier molecular flexibility index (Phi) is 184. The Hall–Kier alpha value is 2.02. The molecule has 0 atom stereocenters. The maximum atomic E-state index is 0. The first kappa shape index (κ1) is 37.1. The molecule has 0 radical (unpaired) electrons. The summed E-state index contributed by atoms with van der Waals surface area (Å²) in [5, 5.41) is 0. The molecule has 0 aromatic carbocycles. The van der Waals surface area contributed by atoms with Crippen molar-refractivity contribution in [3.8, 4) is 0 Å². The van der Waals surface area contributed by atoms with Crippen LogP contribution in [0.15, 0.2) is 0 Å². The van der Waals surface area contributed by atoms with Gasteiger partial charge in [0.25, 0.3) is 0 Å². The second-order valence-electron chi connectivity index (χ2n) is 0. The second kappa shape index (κ2) is 19.9. The molecule has 0 bridgehead atoms. The van der Waals surface area contributed by atoms with Crippen molar-refractivity contribution in [2.75, 3.05) is 0 Å². The maximum absolute atomic E-state index is 0. The average molecular weight is 205 g/mol. The van der Waals surface area contributed by atoms with Crippen LogP contribution in [0.4, 0.5) is 0 Å². The molecule has 4 heavy (non-hydrogen) atoms. The summed E-state index contributed by atoms with van der Waals surface area (Å²) < 4.78 is 0. The van der Waals surface area contributed by atoms with Crippen LogP contribution in [0.2, 0.25) is 0 Å². The monoisotopic (exact) mass is 206 g/mol. The van der Waals surface area contributed by atoms with Crippen molar-refractivity contribution in [1.82, 2.24) is 0 Å². The summed E-state index contributed by atoms with van der Waals surface area (Å²) in [6.07, 6.45) is 0. The summed E-state index contributed by atoms with van der Waals surface area (Å²) in [5.74, 6) is 0. The van der Waals surface area contributed by atoms with Gasteiger partial charge in [0.05, 0.1) is 0 Å². The van der Waals surface area contributed by atoms with Crippen LogP contribution in [0.25, 0.3) is 0 Å². The van der Waals surface area contributed by atoms with Crippen molar-refractivity contribution in [1.29, 1.82) is 0 Å². The third-order valence-corrected chi connectivity index (χ3v) is 0. The molecule has 4 N–H and O–H groups in total. The van der Waals surface area contributed by atoms with E-state index in [0.29, 0.717) is 0 Å². The van der Waals surface area contributed by atoms with Gasteiger partial charge in [-0.2, -0.15) is 0 Å². The van der Waals surface area contributed by atoms with Crippen molar-refractivity contribution in [2.45, 2.75) is 0 Å². The van der Waals surface area contributed by atoms with Crippen molar-refractivity contribution >= 4 is 66.2 Å². The number of hydrogen-bond donors (Lipinski definition) is 0. The molecule has 0 spiro atoms. The predicted molar refractivity (Wildman–Crippen MR) is 25.7 cm³/mol. The third kappa shape index (κ3) is 8.98. The van der Waals surface area contributed by atoms with Gasteiger partial charge < -0.3 is 11.0 Å². The van der Waals surface area contributed by atoms with E-state index in [1.165, 1.54) is 0 Å². The Morgan fingerprint density at radius 3 is 0.750 bits per heavy atom. The molecule has 0 unspecified atom stereocenters. The molecule has 2 nitrogen and oxygen atoms in total. The van der Waals surface area contributed by atoms with Crippen LogP contribution in [0.5, 0.6) is 0 Å². The average Bonchev–Trinajstić information content (AvgIpc) is 0. The van der Waals surface area contributed by atoms with E-state index in [-0.39, 0.29) is 77.2 Å². The molecule has 0 aliphatic rings. The fourth-order valence-corrected chi connectivity index (χ4v) is 0. The van der Waals surface area contributed by atoms with E-state index in [2.05, 4.69) is 0 Å². The van der Waals surface area contributed by atoms with Gasteiger partial charge in [-0.25, -0.2) is 0 Å². The topological polar surface area (TPSA) is 63.0 Å². The van der Waals surface area contributed by atoms with E-state index < -0.39 is 0 Å².